The van der Waals surface area contributed by atoms with Gasteiger partial charge in [0.15, 0.2) is 0 Å². The summed E-state index contributed by atoms with van der Waals surface area (Å²) >= 11 is 12.8. The minimum atomic E-state index is -0.284. The maximum absolute atomic E-state index is 6.39. The number of hydrogen-bond donors (Lipinski definition) is 1. The molecule has 1 aliphatic heterocycles. The quantitative estimate of drug-likeness (QED) is 0.740. The number of halogens is 2. The molecule has 0 radical (unpaired) electrons. The average Bonchev–Trinajstić information content (AvgIpc) is 3.04. The number of rotatable bonds is 2. The molecule has 2 heterocycles. The minimum Gasteiger partial charge on any atom is -0.323 e. The zero-order valence-electron chi connectivity index (χ0n) is 12.7. The van der Waals surface area contributed by atoms with Crippen LogP contribution in [0.15, 0.2) is 48.5 Å². The number of fused-ring (bicyclic) bond motifs is 1. The molecular weight excluding hydrogens is 345 g/mol. The van der Waals surface area contributed by atoms with Crippen LogP contribution < -0.4 is 5.32 Å². The Labute approximate surface area is 148 Å². The summed E-state index contributed by atoms with van der Waals surface area (Å²) in [6, 6.07) is 13.4. The third-order valence-electron chi connectivity index (χ3n) is 3.99. The summed E-state index contributed by atoms with van der Waals surface area (Å²) in [5.41, 5.74) is 3.94. The number of nitrogens with zero attached hydrogens (tertiary/aromatic N) is 4. The summed E-state index contributed by atoms with van der Waals surface area (Å²) in [4.78, 5) is 0. The largest absolute Gasteiger partial charge is 0.323 e. The number of allylic oxidation sites excluding steroid dienone is 1. The lowest BCUT2D eigenvalue weighted by Gasteiger charge is -2.24. The van der Waals surface area contributed by atoms with Crippen molar-refractivity contribution in [2.75, 3.05) is 5.32 Å². The first-order valence-electron chi connectivity index (χ1n) is 7.41. The van der Waals surface area contributed by atoms with Gasteiger partial charge in [-0.15, -0.1) is 0 Å². The van der Waals surface area contributed by atoms with E-state index in [0.717, 1.165) is 16.8 Å². The number of aromatic nitrogens is 4. The van der Waals surface area contributed by atoms with Crippen LogP contribution in [-0.2, 0) is 0 Å². The molecule has 0 saturated heterocycles. The van der Waals surface area contributed by atoms with E-state index in [0.29, 0.717) is 16.0 Å². The van der Waals surface area contributed by atoms with Gasteiger partial charge in [-0.05, 0) is 41.1 Å². The Morgan fingerprint density at radius 2 is 1.75 bits per heavy atom. The van der Waals surface area contributed by atoms with Gasteiger partial charge in [0.25, 0.3) is 0 Å². The van der Waals surface area contributed by atoms with Crippen LogP contribution in [-0.4, -0.2) is 20.2 Å². The Bertz CT molecular complexity index is 910. The van der Waals surface area contributed by atoms with Crippen LogP contribution in [0.5, 0.6) is 0 Å². The first kappa shape index (κ1) is 15.2. The number of anilines is 1. The van der Waals surface area contributed by atoms with Gasteiger partial charge < -0.3 is 5.32 Å². The third-order valence-corrected chi connectivity index (χ3v) is 4.64. The highest BCUT2D eigenvalue weighted by molar-refractivity contribution is 6.36. The van der Waals surface area contributed by atoms with Gasteiger partial charge in [0.05, 0.1) is 0 Å². The van der Waals surface area contributed by atoms with Gasteiger partial charge in [0, 0.05) is 21.3 Å². The smallest absolute Gasteiger partial charge is 0.248 e. The number of aryl methyl sites for hydroxylation is 1. The summed E-state index contributed by atoms with van der Waals surface area (Å²) in [6.07, 6.45) is 2.03. The predicted molar refractivity (Wildman–Crippen MR) is 95.2 cm³/mol. The molecule has 0 amide bonds. The van der Waals surface area contributed by atoms with Crippen molar-refractivity contribution < 1.29 is 0 Å². The van der Waals surface area contributed by atoms with Crippen LogP contribution in [0.2, 0.25) is 10.0 Å². The normalized spacial score (nSPS) is 16.3. The lowest BCUT2D eigenvalue weighted by Crippen LogP contribution is -2.20. The fourth-order valence-corrected chi connectivity index (χ4v) is 3.38. The Morgan fingerprint density at radius 3 is 2.46 bits per heavy atom. The number of nitrogens with one attached hydrogen (secondary N) is 1. The van der Waals surface area contributed by atoms with Gasteiger partial charge in [-0.2, -0.15) is 4.68 Å². The molecule has 0 spiro atoms. The van der Waals surface area contributed by atoms with Gasteiger partial charge in [-0.1, -0.05) is 64.2 Å². The molecule has 24 heavy (non-hydrogen) atoms. The van der Waals surface area contributed by atoms with Gasteiger partial charge in [-0.25, -0.2) is 0 Å². The molecule has 1 atom stereocenters. The van der Waals surface area contributed by atoms with E-state index in [1.807, 2.05) is 24.3 Å². The first-order chi connectivity index (χ1) is 11.6. The van der Waals surface area contributed by atoms with E-state index < -0.39 is 0 Å². The molecule has 5 nitrogen and oxygen atoms in total. The van der Waals surface area contributed by atoms with Crippen molar-refractivity contribution in [3.8, 4) is 0 Å². The third kappa shape index (κ3) is 2.56. The zero-order chi connectivity index (χ0) is 16.7. The molecule has 3 aromatic rings. The molecule has 1 aromatic heterocycles. The second-order valence-corrected chi connectivity index (χ2v) is 6.41. The van der Waals surface area contributed by atoms with E-state index in [2.05, 4.69) is 52.0 Å². The number of benzene rings is 2. The Morgan fingerprint density at radius 1 is 1.04 bits per heavy atom. The summed E-state index contributed by atoms with van der Waals surface area (Å²) in [7, 11) is 0. The van der Waals surface area contributed by atoms with E-state index in [9.17, 15) is 0 Å². The summed E-state index contributed by atoms with van der Waals surface area (Å²) in [5, 5.41) is 16.3. The lowest BCUT2D eigenvalue weighted by atomic mass is 10.0. The van der Waals surface area contributed by atoms with Crippen LogP contribution in [0.25, 0.3) is 5.70 Å². The van der Waals surface area contributed by atoms with Crippen LogP contribution in [0.1, 0.15) is 22.7 Å². The molecule has 120 valence electrons. The fourth-order valence-electron chi connectivity index (χ4n) is 2.75. The monoisotopic (exact) mass is 357 g/mol. The van der Waals surface area contributed by atoms with Crippen LogP contribution >= 0.6 is 23.2 Å². The van der Waals surface area contributed by atoms with E-state index in [1.165, 1.54) is 5.56 Å². The van der Waals surface area contributed by atoms with Crippen molar-refractivity contribution >= 4 is 34.8 Å². The highest BCUT2D eigenvalue weighted by Crippen LogP contribution is 2.38. The highest BCUT2D eigenvalue weighted by Gasteiger charge is 2.27. The molecule has 7 heteroatoms. The van der Waals surface area contributed by atoms with Crippen LogP contribution in [0.3, 0.4) is 0 Å². The van der Waals surface area contributed by atoms with E-state index in [1.54, 1.807) is 4.68 Å². The molecule has 1 aliphatic rings. The Balaban J connectivity index is 1.87. The molecule has 0 unspecified atom stereocenters. The molecule has 0 saturated carbocycles. The Kier molecular flexibility index (Phi) is 3.75. The molecule has 0 fully saturated rings. The summed E-state index contributed by atoms with van der Waals surface area (Å²) < 4.78 is 1.67. The predicted octanol–water partition coefficient (Wildman–Crippen LogP) is 4.34. The number of hydrogen-bond acceptors (Lipinski definition) is 4. The second-order valence-electron chi connectivity index (χ2n) is 5.60. The van der Waals surface area contributed by atoms with Crippen molar-refractivity contribution in [3.05, 3.63) is 75.3 Å². The maximum atomic E-state index is 6.39. The Hall–Kier alpha value is -2.37. The van der Waals surface area contributed by atoms with E-state index in [4.69, 9.17) is 23.2 Å². The van der Waals surface area contributed by atoms with Gasteiger partial charge in [0.2, 0.25) is 5.95 Å². The second kappa shape index (κ2) is 5.92. The maximum Gasteiger partial charge on any atom is 0.248 e. The fraction of sp³-hybridized carbons (Fsp3) is 0.118. The van der Waals surface area contributed by atoms with Crippen molar-refractivity contribution in [3.63, 3.8) is 0 Å². The molecule has 2 aromatic carbocycles. The minimum absolute atomic E-state index is 0.284. The van der Waals surface area contributed by atoms with Crippen molar-refractivity contribution in [2.45, 2.75) is 13.0 Å². The standard InChI is InChI=1S/C17H13Cl2N5/c1-10-5-7-11(8-6-10)14-9-15(24-17(20-14)21-22-23-24)16-12(18)3-2-4-13(16)19/h2-9,15H,1H3,(H,20,21,23)/t15-/m1/s1. The topological polar surface area (TPSA) is 55.6 Å². The summed E-state index contributed by atoms with van der Waals surface area (Å²) in [5.74, 6) is 0.550. The van der Waals surface area contributed by atoms with Gasteiger partial charge in [0.1, 0.15) is 6.04 Å². The van der Waals surface area contributed by atoms with Crippen molar-refractivity contribution in [1.82, 2.24) is 20.2 Å². The molecule has 0 bridgehead atoms. The molecule has 1 N–H and O–H groups in total. The average molecular weight is 358 g/mol. The first-order valence-corrected chi connectivity index (χ1v) is 8.17. The summed E-state index contributed by atoms with van der Waals surface area (Å²) in [6.45, 7) is 2.05. The number of tetrazole rings is 1. The molecule has 4 rings (SSSR count). The van der Waals surface area contributed by atoms with Crippen molar-refractivity contribution in [2.24, 2.45) is 0 Å². The molecular formula is C17H13Cl2N5. The van der Waals surface area contributed by atoms with Crippen molar-refractivity contribution in [1.29, 1.82) is 0 Å². The van der Waals surface area contributed by atoms with Gasteiger partial charge in [-0.3, -0.25) is 0 Å². The lowest BCUT2D eigenvalue weighted by molar-refractivity contribution is 0.586. The highest BCUT2D eigenvalue weighted by atomic mass is 35.5. The van der Waals surface area contributed by atoms with E-state index in [-0.39, 0.29) is 6.04 Å². The zero-order valence-corrected chi connectivity index (χ0v) is 14.3. The molecule has 0 aliphatic carbocycles. The SMILES string of the molecule is Cc1ccc(C2=C[C@H](c3c(Cl)cccc3Cl)n3nnnc3N2)cc1. The van der Waals surface area contributed by atoms with Crippen LogP contribution in [0.4, 0.5) is 5.95 Å². The van der Waals surface area contributed by atoms with Crippen LogP contribution in [0, 0.1) is 6.92 Å². The van der Waals surface area contributed by atoms with E-state index >= 15 is 0 Å². The van der Waals surface area contributed by atoms with Gasteiger partial charge >= 0.3 is 0 Å².